The number of hydrogen-bond donors (Lipinski definition) is 2. The summed E-state index contributed by atoms with van der Waals surface area (Å²) in [6, 6.07) is 10.9. The standard InChI is InChI=1S/C27H31F3N6O2/c1-3-35-10-12-36(13-11-35)17-20-4-7-22(14-24(20)27(28,29)30)34-25(37)18-38-23-8-5-19(6-9-23)21-15-32-26(31-2)33-16-21/h4-9,14-16H,3,10-13,17-18H2,1-2H3,(H,34,37)(H,31,32,33). The average Bonchev–Trinajstić information content (AvgIpc) is 2.93. The van der Waals surface area contributed by atoms with Crippen LogP contribution in [0.25, 0.3) is 11.1 Å². The monoisotopic (exact) mass is 528 g/mol. The quantitative estimate of drug-likeness (QED) is 0.427. The first-order valence-electron chi connectivity index (χ1n) is 12.4. The first-order valence-corrected chi connectivity index (χ1v) is 12.4. The average molecular weight is 529 g/mol. The minimum Gasteiger partial charge on any atom is -0.484 e. The molecule has 1 fully saturated rings. The van der Waals surface area contributed by atoms with Crippen molar-refractivity contribution in [3.05, 3.63) is 66.0 Å². The van der Waals surface area contributed by atoms with E-state index in [0.29, 0.717) is 11.7 Å². The zero-order chi connectivity index (χ0) is 27.1. The number of nitrogens with zero attached hydrogens (tertiary/aromatic N) is 4. The number of halogens is 3. The normalized spacial score (nSPS) is 14.8. The molecule has 1 aliphatic rings. The Balaban J connectivity index is 1.34. The molecule has 11 heteroatoms. The number of nitrogens with one attached hydrogen (secondary N) is 2. The van der Waals surface area contributed by atoms with Crippen LogP contribution in [0.4, 0.5) is 24.8 Å². The molecule has 1 aliphatic heterocycles. The van der Waals surface area contributed by atoms with Gasteiger partial charge in [0.1, 0.15) is 5.75 Å². The lowest BCUT2D eigenvalue weighted by molar-refractivity contribution is -0.138. The van der Waals surface area contributed by atoms with Gasteiger partial charge in [0, 0.05) is 63.4 Å². The molecular formula is C27H31F3N6O2. The molecule has 2 heterocycles. The number of amides is 1. The lowest BCUT2D eigenvalue weighted by Gasteiger charge is -2.34. The first-order chi connectivity index (χ1) is 18.2. The SMILES string of the molecule is CCN1CCN(Cc2ccc(NC(=O)COc3ccc(-c4cnc(NC)nc4)cc3)cc2C(F)(F)F)CC1. The van der Waals surface area contributed by atoms with E-state index in [2.05, 4.69) is 32.4 Å². The highest BCUT2D eigenvalue weighted by molar-refractivity contribution is 5.92. The molecule has 2 N–H and O–H groups in total. The highest BCUT2D eigenvalue weighted by atomic mass is 19.4. The van der Waals surface area contributed by atoms with E-state index in [-0.39, 0.29) is 24.4 Å². The number of hydrogen-bond acceptors (Lipinski definition) is 7. The van der Waals surface area contributed by atoms with Crippen molar-refractivity contribution in [1.82, 2.24) is 19.8 Å². The number of likely N-dealkylation sites (N-methyl/N-ethyl adjacent to an activating group) is 1. The summed E-state index contributed by atoms with van der Waals surface area (Å²) < 4.78 is 47.0. The molecule has 1 aromatic heterocycles. The Morgan fingerprint density at radius 3 is 2.24 bits per heavy atom. The van der Waals surface area contributed by atoms with Crippen LogP contribution < -0.4 is 15.4 Å². The Morgan fingerprint density at radius 2 is 1.63 bits per heavy atom. The van der Waals surface area contributed by atoms with Gasteiger partial charge < -0.3 is 20.3 Å². The van der Waals surface area contributed by atoms with E-state index in [4.69, 9.17) is 4.74 Å². The molecule has 2 aromatic carbocycles. The van der Waals surface area contributed by atoms with Crippen molar-refractivity contribution in [2.45, 2.75) is 19.6 Å². The fourth-order valence-corrected chi connectivity index (χ4v) is 4.26. The van der Waals surface area contributed by atoms with Crippen LogP contribution in [0, 0.1) is 0 Å². The Labute approximate surface area is 219 Å². The summed E-state index contributed by atoms with van der Waals surface area (Å²) in [4.78, 5) is 25.1. The third-order valence-corrected chi connectivity index (χ3v) is 6.44. The van der Waals surface area contributed by atoms with Gasteiger partial charge in [0.25, 0.3) is 5.91 Å². The van der Waals surface area contributed by atoms with Gasteiger partial charge in [-0.25, -0.2) is 9.97 Å². The van der Waals surface area contributed by atoms with Gasteiger partial charge in [-0.1, -0.05) is 25.1 Å². The van der Waals surface area contributed by atoms with Crippen molar-refractivity contribution < 1.29 is 22.7 Å². The van der Waals surface area contributed by atoms with Crippen molar-refractivity contribution in [2.75, 3.05) is 57.0 Å². The van der Waals surface area contributed by atoms with E-state index in [0.717, 1.165) is 49.9 Å². The highest BCUT2D eigenvalue weighted by Gasteiger charge is 2.34. The second-order valence-corrected chi connectivity index (χ2v) is 8.99. The van der Waals surface area contributed by atoms with Crippen molar-refractivity contribution in [1.29, 1.82) is 0 Å². The van der Waals surface area contributed by atoms with Gasteiger partial charge in [-0.15, -0.1) is 0 Å². The van der Waals surface area contributed by atoms with Gasteiger partial charge in [-0.3, -0.25) is 9.69 Å². The molecule has 202 valence electrons. The Bertz CT molecular complexity index is 1210. The number of alkyl halides is 3. The van der Waals surface area contributed by atoms with E-state index < -0.39 is 17.6 Å². The van der Waals surface area contributed by atoms with Crippen molar-refractivity contribution >= 4 is 17.5 Å². The summed E-state index contributed by atoms with van der Waals surface area (Å²) >= 11 is 0. The maximum absolute atomic E-state index is 13.8. The van der Waals surface area contributed by atoms with E-state index >= 15 is 0 Å². The lowest BCUT2D eigenvalue weighted by Crippen LogP contribution is -2.45. The van der Waals surface area contributed by atoms with E-state index in [1.165, 1.54) is 12.1 Å². The molecule has 0 aliphatic carbocycles. The molecule has 0 radical (unpaired) electrons. The van der Waals surface area contributed by atoms with Crippen LogP contribution >= 0.6 is 0 Å². The van der Waals surface area contributed by atoms with Crippen LogP contribution in [0.2, 0.25) is 0 Å². The summed E-state index contributed by atoms with van der Waals surface area (Å²) in [5.74, 6) is 0.412. The second kappa shape index (κ2) is 12.2. The largest absolute Gasteiger partial charge is 0.484 e. The lowest BCUT2D eigenvalue weighted by atomic mass is 10.0. The second-order valence-electron chi connectivity index (χ2n) is 8.99. The van der Waals surface area contributed by atoms with Crippen LogP contribution in [0.5, 0.6) is 5.75 Å². The molecular weight excluding hydrogens is 497 g/mol. The molecule has 38 heavy (non-hydrogen) atoms. The van der Waals surface area contributed by atoms with Crippen molar-refractivity contribution in [3.8, 4) is 16.9 Å². The summed E-state index contributed by atoms with van der Waals surface area (Å²) in [5.41, 5.74) is 1.22. The molecule has 0 unspecified atom stereocenters. The molecule has 1 amide bonds. The minimum absolute atomic E-state index is 0.0749. The summed E-state index contributed by atoms with van der Waals surface area (Å²) in [5, 5.41) is 5.36. The molecule has 4 rings (SSSR count). The molecule has 0 atom stereocenters. The molecule has 0 saturated carbocycles. The topological polar surface area (TPSA) is 82.6 Å². The Hall–Kier alpha value is -3.70. The zero-order valence-electron chi connectivity index (χ0n) is 21.4. The summed E-state index contributed by atoms with van der Waals surface area (Å²) in [6.07, 6.45) is -1.15. The molecule has 1 saturated heterocycles. The van der Waals surface area contributed by atoms with Crippen LogP contribution in [0.15, 0.2) is 54.9 Å². The minimum atomic E-state index is -4.53. The molecule has 0 spiro atoms. The number of benzene rings is 2. The van der Waals surface area contributed by atoms with E-state index in [1.54, 1.807) is 43.7 Å². The van der Waals surface area contributed by atoms with E-state index in [9.17, 15) is 18.0 Å². The Kier molecular flexibility index (Phi) is 8.80. The van der Waals surface area contributed by atoms with Crippen molar-refractivity contribution in [2.24, 2.45) is 0 Å². The third-order valence-electron chi connectivity index (χ3n) is 6.44. The van der Waals surface area contributed by atoms with E-state index in [1.807, 2.05) is 4.90 Å². The van der Waals surface area contributed by atoms with Crippen molar-refractivity contribution in [3.63, 3.8) is 0 Å². The van der Waals surface area contributed by atoms with Gasteiger partial charge in [-0.2, -0.15) is 13.2 Å². The Morgan fingerprint density at radius 1 is 0.974 bits per heavy atom. The highest BCUT2D eigenvalue weighted by Crippen LogP contribution is 2.34. The van der Waals surface area contributed by atoms with Crippen LogP contribution in [0.1, 0.15) is 18.1 Å². The van der Waals surface area contributed by atoms with Gasteiger partial charge in [0.15, 0.2) is 6.61 Å². The predicted octanol–water partition coefficient (Wildman–Crippen LogP) is 4.36. The fourth-order valence-electron chi connectivity index (χ4n) is 4.26. The van der Waals surface area contributed by atoms with Gasteiger partial charge in [0.05, 0.1) is 5.56 Å². The molecule has 0 bridgehead atoms. The van der Waals surface area contributed by atoms with Gasteiger partial charge >= 0.3 is 6.18 Å². The summed E-state index contributed by atoms with van der Waals surface area (Å²) in [6.45, 7) is 6.00. The zero-order valence-corrected chi connectivity index (χ0v) is 21.4. The van der Waals surface area contributed by atoms with Crippen LogP contribution in [-0.4, -0.2) is 72.1 Å². The fraction of sp³-hybridized carbons (Fsp3) is 0.370. The van der Waals surface area contributed by atoms with Crippen LogP contribution in [-0.2, 0) is 17.5 Å². The number of ether oxygens (including phenoxy) is 1. The molecule has 8 nitrogen and oxygen atoms in total. The number of carbonyl (C=O) groups excluding carboxylic acids is 1. The third kappa shape index (κ3) is 7.20. The van der Waals surface area contributed by atoms with Gasteiger partial charge in [0.2, 0.25) is 5.95 Å². The maximum Gasteiger partial charge on any atom is 0.416 e. The molecule has 3 aromatic rings. The number of piperazine rings is 1. The number of anilines is 2. The number of aromatic nitrogens is 2. The maximum atomic E-state index is 13.8. The van der Waals surface area contributed by atoms with Crippen LogP contribution in [0.3, 0.4) is 0 Å². The first kappa shape index (κ1) is 27.3. The summed E-state index contributed by atoms with van der Waals surface area (Å²) in [7, 11) is 1.73. The predicted molar refractivity (Wildman–Crippen MR) is 140 cm³/mol. The smallest absolute Gasteiger partial charge is 0.416 e. The van der Waals surface area contributed by atoms with Gasteiger partial charge in [-0.05, 0) is 41.9 Å². The number of carbonyl (C=O) groups is 1. The number of rotatable bonds is 9.